The van der Waals surface area contributed by atoms with Gasteiger partial charge in [0.1, 0.15) is 0 Å². The second-order valence-corrected chi connectivity index (χ2v) is 5.62. The summed E-state index contributed by atoms with van der Waals surface area (Å²) in [6.07, 6.45) is 1.72. The van der Waals surface area contributed by atoms with Crippen molar-refractivity contribution in [3.63, 3.8) is 0 Å². The van der Waals surface area contributed by atoms with E-state index in [0.29, 0.717) is 12.2 Å². The number of para-hydroxylation sites is 1. The first kappa shape index (κ1) is 13.1. The minimum absolute atomic E-state index is 0.0150. The van der Waals surface area contributed by atoms with Gasteiger partial charge in [0.05, 0.1) is 5.52 Å². The molecule has 2 N–H and O–H groups in total. The van der Waals surface area contributed by atoms with Crippen LogP contribution in [0.15, 0.2) is 24.3 Å². The number of likely N-dealkylation sites (tertiary alicyclic amines) is 1. The molecule has 2 aromatic rings. The molecule has 0 aliphatic carbocycles. The lowest BCUT2D eigenvalue weighted by atomic mass is 9.98. The van der Waals surface area contributed by atoms with Crippen LogP contribution in [0.2, 0.25) is 0 Å². The van der Waals surface area contributed by atoms with Gasteiger partial charge in [-0.2, -0.15) is 5.10 Å². The molecule has 1 aliphatic rings. The Bertz CT molecular complexity index is 648. The molecule has 1 saturated heterocycles. The number of nitrogens with two attached hydrogens (primary N) is 1. The summed E-state index contributed by atoms with van der Waals surface area (Å²) in [5, 5.41) is 5.33. The lowest BCUT2D eigenvalue weighted by molar-refractivity contribution is 0.0614. The van der Waals surface area contributed by atoms with Crippen molar-refractivity contribution in [1.82, 2.24) is 14.7 Å². The first-order valence-electron chi connectivity index (χ1n) is 7.06. The van der Waals surface area contributed by atoms with Crippen LogP contribution in [0.4, 0.5) is 0 Å². The number of piperidine rings is 1. The predicted molar refractivity (Wildman–Crippen MR) is 78.4 cm³/mol. The summed E-state index contributed by atoms with van der Waals surface area (Å²) < 4.78 is 1.77. The maximum atomic E-state index is 12.8. The number of hydrogen-bond donors (Lipinski definition) is 1. The van der Waals surface area contributed by atoms with E-state index in [2.05, 4.69) is 12.0 Å². The van der Waals surface area contributed by atoms with Crippen LogP contribution in [0.3, 0.4) is 0 Å². The van der Waals surface area contributed by atoms with Crippen LogP contribution in [0.5, 0.6) is 0 Å². The highest BCUT2D eigenvalue weighted by atomic mass is 16.2. The summed E-state index contributed by atoms with van der Waals surface area (Å²) in [5.41, 5.74) is 7.49. The van der Waals surface area contributed by atoms with E-state index in [0.717, 1.165) is 23.7 Å². The molecule has 0 radical (unpaired) electrons. The molecule has 0 bridgehead atoms. The van der Waals surface area contributed by atoms with Crippen molar-refractivity contribution < 1.29 is 4.79 Å². The topological polar surface area (TPSA) is 64.2 Å². The number of fused-ring (bicyclic) bond motifs is 1. The molecule has 0 saturated carbocycles. The minimum Gasteiger partial charge on any atom is -0.334 e. The number of hydrogen-bond acceptors (Lipinski definition) is 3. The molecule has 2 unspecified atom stereocenters. The Labute approximate surface area is 118 Å². The van der Waals surface area contributed by atoms with E-state index in [1.165, 1.54) is 0 Å². The molecule has 5 heteroatoms. The molecule has 106 valence electrons. The SMILES string of the molecule is CC1CC(N)CCN1C(=O)c1nn(C)c2ccccc12. The highest BCUT2D eigenvalue weighted by Crippen LogP contribution is 2.23. The summed E-state index contributed by atoms with van der Waals surface area (Å²) in [4.78, 5) is 14.7. The second kappa shape index (κ2) is 4.90. The monoisotopic (exact) mass is 272 g/mol. The van der Waals surface area contributed by atoms with Crippen molar-refractivity contribution in [3.8, 4) is 0 Å². The number of benzene rings is 1. The zero-order valence-corrected chi connectivity index (χ0v) is 11.9. The largest absolute Gasteiger partial charge is 0.334 e. The van der Waals surface area contributed by atoms with Crippen molar-refractivity contribution in [3.05, 3.63) is 30.0 Å². The molecule has 3 rings (SSSR count). The van der Waals surface area contributed by atoms with Crippen molar-refractivity contribution in [2.24, 2.45) is 12.8 Å². The van der Waals surface area contributed by atoms with Crippen LogP contribution in [0.25, 0.3) is 10.9 Å². The highest BCUT2D eigenvalue weighted by molar-refractivity contribution is 6.05. The fraction of sp³-hybridized carbons (Fsp3) is 0.467. The molecule has 2 atom stereocenters. The number of aryl methyl sites for hydroxylation is 1. The standard InChI is InChI=1S/C15H20N4O/c1-10-9-11(16)7-8-19(10)15(20)14-12-5-3-4-6-13(12)18(2)17-14/h3-6,10-11H,7-9,16H2,1-2H3. The van der Waals surface area contributed by atoms with Crippen LogP contribution < -0.4 is 5.73 Å². The highest BCUT2D eigenvalue weighted by Gasteiger charge is 2.30. The van der Waals surface area contributed by atoms with E-state index in [1.54, 1.807) is 4.68 Å². The molecular formula is C15H20N4O. The lowest BCUT2D eigenvalue weighted by Gasteiger charge is -2.36. The number of carbonyl (C=O) groups excluding carboxylic acids is 1. The van der Waals surface area contributed by atoms with E-state index in [-0.39, 0.29) is 18.0 Å². The number of rotatable bonds is 1. The first-order valence-corrected chi connectivity index (χ1v) is 7.06. The van der Waals surface area contributed by atoms with Crippen molar-refractivity contribution >= 4 is 16.8 Å². The van der Waals surface area contributed by atoms with Crippen molar-refractivity contribution in [2.75, 3.05) is 6.54 Å². The Morgan fingerprint density at radius 3 is 2.90 bits per heavy atom. The third-order valence-corrected chi connectivity index (χ3v) is 4.14. The van der Waals surface area contributed by atoms with Gasteiger partial charge in [-0.1, -0.05) is 18.2 Å². The fourth-order valence-corrected chi connectivity index (χ4v) is 3.02. The van der Waals surface area contributed by atoms with E-state index >= 15 is 0 Å². The van der Waals surface area contributed by atoms with Crippen LogP contribution in [-0.4, -0.2) is 39.2 Å². The van der Waals surface area contributed by atoms with Gasteiger partial charge in [0.2, 0.25) is 0 Å². The smallest absolute Gasteiger partial charge is 0.275 e. The summed E-state index contributed by atoms with van der Waals surface area (Å²) in [6.45, 7) is 2.77. The quantitative estimate of drug-likeness (QED) is 0.856. The van der Waals surface area contributed by atoms with Gasteiger partial charge in [-0.05, 0) is 25.8 Å². The maximum Gasteiger partial charge on any atom is 0.275 e. The van der Waals surface area contributed by atoms with Crippen LogP contribution in [0, 0.1) is 0 Å². The molecule has 1 aromatic carbocycles. The molecule has 1 aliphatic heterocycles. The summed E-state index contributed by atoms with van der Waals surface area (Å²) in [7, 11) is 1.87. The van der Waals surface area contributed by atoms with E-state index in [1.807, 2.05) is 36.2 Å². The van der Waals surface area contributed by atoms with Gasteiger partial charge in [-0.25, -0.2) is 0 Å². The Morgan fingerprint density at radius 1 is 1.40 bits per heavy atom. The molecular weight excluding hydrogens is 252 g/mol. The Kier molecular flexibility index (Phi) is 3.22. The molecule has 1 amide bonds. The summed E-state index contributed by atoms with van der Waals surface area (Å²) in [6, 6.07) is 8.21. The summed E-state index contributed by atoms with van der Waals surface area (Å²) >= 11 is 0. The lowest BCUT2D eigenvalue weighted by Crippen LogP contribution is -2.48. The number of amides is 1. The van der Waals surface area contributed by atoms with Gasteiger partial charge in [-0.15, -0.1) is 0 Å². The van der Waals surface area contributed by atoms with Gasteiger partial charge in [0, 0.05) is 31.1 Å². The average molecular weight is 272 g/mol. The number of aromatic nitrogens is 2. The van der Waals surface area contributed by atoms with Crippen LogP contribution in [-0.2, 0) is 7.05 Å². The Hall–Kier alpha value is -1.88. The Balaban J connectivity index is 1.97. The Morgan fingerprint density at radius 2 is 2.15 bits per heavy atom. The third kappa shape index (κ3) is 2.08. The normalized spacial score (nSPS) is 23.2. The molecule has 0 spiro atoms. The summed E-state index contributed by atoms with van der Waals surface area (Å²) in [5.74, 6) is 0.0150. The van der Waals surface area contributed by atoms with E-state index < -0.39 is 0 Å². The predicted octanol–water partition coefficient (Wildman–Crippen LogP) is 1.53. The number of nitrogens with zero attached hydrogens (tertiary/aromatic N) is 3. The van der Waals surface area contributed by atoms with Gasteiger partial charge >= 0.3 is 0 Å². The van der Waals surface area contributed by atoms with Gasteiger partial charge in [-0.3, -0.25) is 9.48 Å². The molecule has 2 heterocycles. The average Bonchev–Trinajstić information content (AvgIpc) is 2.76. The zero-order valence-electron chi connectivity index (χ0n) is 11.9. The van der Waals surface area contributed by atoms with Gasteiger partial charge in [0.15, 0.2) is 5.69 Å². The molecule has 20 heavy (non-hydrogen) atoms. The van der Waals surface area contributed by atoms with Crippen molar-refractivity contribution in [1.29, 1.82) is 0 Å². The van der Waals surface area contributed by atoms with Crippen molar-refractivity contribution in [2.45, 2.75) is 31.8 Å². The minimum atomic E-state index is 0.0150. The zero-order chi connectivity index (χ0) is 14.3. The molecule has 5 nitrogen and oxygen atoms in total. The van der Waals surface area contributed by atoms with E-state index in [4.69, 9.17) is 5.73 Å². The van der Waals surface area contributed by atoms with Gasteiger partial charge in [0.25, 0.3) is 5.91 Å². The van der Waals surface area contributed by atoms with Crippen LogP contribution >= 0.6 is 0 Å². The molecule has 1 aromatic heterocycles. The maximum absolute atomic E-state index is 12.8. The fourth-order valence-electron chi connectivity index (χ4n) is 3.02. The van der Waals surface area contributed by atoms with E-state index in [9.17, 15) is 4.79 Å². The second-order valence-electron chi connectivity index (χ2n) is 5.62. The van der Waals surface area contributed by atoms with Crippen LogP contribution in [0.1, 0.15) is 30.3 Å². The molecule has 1 fully saturated rings. The third-order valence-electron chi connectivity index (χ3n) is 4.14. The van der Waals surface area contributed by atoms with Gasteiger partial charge < -0.3 is 10.6 Å². The number of carbonyl (C=O) groups is 1. The first-order chi connectivity index (χ1) is 9.58.